The molecule has 2 aromatic rings. The van der Waals surface area contributed by atoms with Crippen LogP contribution in [-0.2, 0) is 4.74 Å². The number of aromatic nitrogens is 3. The number of ether oxygens (including phenoxy) is 2. The predicted octanol–water partition coefficient (Wildman–Crippen LogP) is 4.13. The molecule has 0 atom stereocenters. The minimum absolute atomic E-state index is 0.00403. The van der Waals surface area contributed by atoms with Crippen molar-refractivity contribution in [2.24, 2.45) is 0 Å². The summed E-state index contributed by atoms with van der Waals surface area (Å²) in [5, 5.41) is 6.57. The lowest BCUT2D eigenvalue weighted by atomic mass is 10.1. The van der Waals surface area contributed by atoms with E-state index in [1.807, 2.05) is 32.9 Å². The summed E-state index contributed by atoms with van der Waals surface area (Å²) in [5.41, 5.74) is 1.74. The minimum Gasteiger partial charge on any atom is -0.474 e. The lowest BCUT2D eigenvalue weighted by Gasteiger charge is -2.31. The molecule has 0 unspecified atom stereocenters. The summed E-state index contributed by atoms with van der Waals surface area (Å²) < 4.78 is 11.3. The number of carbonyl (C=O) groups is 1. The highest BCUT2D eigenvalue weighted by atomic mass is 16.6. The van der Waals surface area contributed by atoms with Gasteiger partial charge in [0.25, 0.3) is 0 Å². The molecule has 1 saturated heterocycles. The second kappa shape index (κ2) is 10.3. The topological polar surface area (TPSA) is 102 Å². The third-order valence-electron chi connectivity index (χ3n) is 4.75. The second-order valence-corrected chi connectivity index (χ2v) is 8.23. The fraction of sp³-hybridized carbons (Fsp3) is 0.545. The van der Waals surface area contributed by atoms with Gasteiger partial charge in [0.15, 0.2) is 0 Å². The van der Waals surface area contributed by atoms with Crippen molar-refractivity contribution < 1.29 is 14.3 Å². The zero-order valence-electron chi connectivity index (χ0n) is 18.9. The Morgan fingerprint density at radius 1 is 1.13 bits per heavy atom. The number of aryl methyl sites for hydroxylation is 1. The van der Waals surface area contributed by atoms with E-state index >= 15 is 0 Å². The number of anilines is 3. The van der Waals surface area contributed by atoms with Crippen molar-refractivity contribution in [1.82, 2.24) is 19.9 Å². The molecule has 2 N–H and O–H groups in total. The van der Waals surface area contributed by atoms with Crippen LogP contribution < -0.4 is 15.4 Å². The lowest BCUT2D eigenvalue weighted by Crippen LogP contribution is -2.42. The molecule has 0 bridgehead atoms. The number of pyridine rings is 1. The van der Waals surface area contributed by atoms with Crippen molar-refractivity contribution >= 4 is 23.4 Å². The maximum Gasteiger partial charge on any atom is 0.410 e. The van der Waals surface area contributed by atoms with Crippen molar-refractivity contribution in [2.45, 2.75) is 65.7 Å². The van der Waals surface area contributed by atoms with Crippen molar-refractivity contribution in [1.29, 1.82) is 0 Å². The summed E-state index contributed by atoms with van der Waals surface area (Å²) in [6.07, 6.45) is 2.55. The molecule has 1 fully saturated rings. The highest BCUT2D eigenvalue weighted by Crippen LogP contribution is 2.23. The molecule has 1 aliphatic heterocycles. The standard InChI is InChI=1S/C22H32N6O3/c1-14(2)25-19-7-6-18(16(5)26-19)27-20-12-21(24-13-23-20)31-17-8-10-28(11-9-17)22(29)30-15(3)4/h6-7,12-15,17H,8-11H2,1-5H3,(H,25,26)(H,23,24,27). The SMILES string of the molecule is Cc1nc(NC(C)C)ccc1Nc1cc(OC2CCN(C(=O)OC(C)C)CC2)ncn1. The van der Waals surface area contributed by atoms with E-state index in [-0.39, 0.29) is 18.3 Å². The van der Waals surface area contributed by atoms with E-state index in [1.54, 1.807) is 11.0 Å². The number of hydrogen-bond donors (Lipinski definition) is 2. The highest BCUT2D eigenvalue weighted by molar-refractivity contribution is 5.67. The van der Waals surface area contributed by atoms with Crippen LogP contribution in [0.3, 0.4) is 0 Å². The predicted molar refractivity (Wildman–Crippen MR) is 120 cm³/mol. The number of hydrogen-bond acceptors (Lipinski definition) is 8. The normalized spacial score (nSPS) is 14.6. The van der Waals surface area contributed by atoms with Crippen LogP contribution >= 0.6 is 0 Å². The molecular weight excluding hydrogens is 396 g/mol. The Labute approximate surface area is 183 Å². The monoisotopic (exact) mass is 428 g/mol. The van der Waals surface area contributed by atoms with E-state index in [0.717, 1.165) is 30.0 Å². The van der Waals surface area contributed by atoms with Gasteiger partial charge in [-0.2, -0.15) is 0 Å². The first-order valence-electron chi connectivity index (χ1n) is 10.8. The average Bonchev–Trinajstić information content (AvgIpc) is 2.70. The zero-order chi connectivity index (χ0) is 22.4. The molecule has 2 aromatic heterocycles. The van der Waals surface area contributed by atoms with Gasteiger partial charge in [-0.3, -0.25) is 0 Å². The van der Waals surface area contributed by atoms with Crippen LogP contribution in [0.15, 0.2) is 24.5 Å². The number of piperidine rings is 1. The van der Waals surface area contributed by atoms with Crippen LogP contribution in [-0.4, -0.2) is 57.3 Å². The van der Waals surface area contributed by atoms with E-state index in [9.17, 15) is 4.79 Å². The smallest absolute Gasteiger partial charge is 0.410 e. The van der Waals surface area contributed by atoms with Crippen molar-refractivity contribution in [3.63, 3.8) is 0 Å². The van der Waals surface area contributed by atoms with Gasteiger partial charge in [0.05, 0.1) is 17.5 Å². The largest absolute Gasteiger partial charge is 0.474 e. The summed E-state index contributed by atoms with van der Waals surface area (Å²) >= 11 is 0. The number of amides is 1. The van der Waals surface area contributed by atoms with E-state index in [1.165, 1.54) is 6.33 Å². The Bertz CT molecular complexity index is 881. The van der Waals surface area contributed by atoms with E-state index in [2.05, 4.69) is 39.4 Å². The van der Waals surface area contributed by atoms with Gasteiger partial charge in [-0.05, 0) is 46.8 Å². The van der Waals surface area contributed by atoms with Gasteiger partial charge in [0.2, 0.25) is 5.88 Å². The van der Waals surface area contributed by atoms with Crippen LogP contribution in [0.25, 0.3) is 0 Å². The molecule has 0 saturated carbocycles. The van der Waals surface area contributed by atoms with Crippen LogP contribution in [0, 0.1) is 6.92 Å². The molecule has 9 nitrogen and oxygen atoms in total. The van der Waals surface area contributed by atoms with Crippen LogP contribution in [0.5, 0.6) is 5.88 Å². The molecule has 0 spiro atoms. The van der Waals surface area contributed by atoms with Gasteiger partial charge in [-0.1, -0.05) is 0 Å². The van der Waals surface area contributed by atoms with Crippen LogP contribution in [0.1, 0.15) is 46.2 Å². The van der Waals surface area contributed by atoms with Gasteiger partial charge in [-0.15, -0.1) is 0 Å². The first kappa shape index (κ1) is 22.6. The average molecular weight is 429 g/mol. The molecule has 1 amide bonds. The summed E-state index contributed by atoms with van der Waals surface area (Å²) in [6, 6.07) is 6.01. The van der Waals surface area contributed by atoms with Gasteiger partial charge in [0, 0.05) is 38.0 Å². The number of nitrogens with zero attached hydrogens (tertiary/aromatic N) is 4. The van der Waals surface area contributed by atoms with Crippen LogP contribution in [0.4, 0.5) is 22.1 Å². The van der Waals surface area contributed by atoms with Gasteiger partial charge in [-0.25, -0.2) is 19.7 Å². The number of likely N-dealkylation sites (tertiary alicyclic amines) is 1. The van der Waals surface area contributed by atoms with E-state index < -0.39 is 0 Å². The van der Waals surface area contributed by atoms with Gasteiger partial charge >= 0.3 is 6.09 Å². The van der Waals surface area contributed by atoms with Crippen molar-refractivity contribution in [3.8, 4) is 5.88 Å². The fourth-order valence-corrected chi connectivity index (χ4v) is 3.28. The molecule has 31 heavy (non-hydrogen) atoms. The van der Waals surface area contributed by atoms with Gasteiger partial charge in [0.1, 0.15) is 24.1 Å². The summed E-state index contributed by atoms with van der Waals surface area (Å²) in [5.74, 6) is 1.98. The molecule has 0 aromatic carbocycles. The van der Waals surface area contributed by atoms with E-state index in [4.69, 9.17) is 9.47 Å². The van der Waals surface area contributed by atoms with Crippen LogP contribution in [0.2, 0.25) is 0 Å². The first-order valence-corrected chi connectivity index (χ1v) is 10.8. The van der Waals surface area contributed by atoms with Crippen molar-refractivity contribution in [2.75, 3.05) is 23.7 Å². The maximum absolute atomic E-state index is 12.0. The number of rotatable bonds is 7. The Hall–Kier alpha value is -3.10. The maximum atomic E-state index is 12.0. The third kappa shape index (κ3) is 6.70. The first-order chi connectivity index (χ1) is 14.8. The molecule has 3 rings (SSSR count). The summed E-state index contributed by atoms with van der Waals surface area (Å²) in [4.78, 5) is 26.8. The second-order valence-electron chi connectivity index (χ2n) is 8.23. The zero-order valence-corrected chi connectivity index (χ0v) is 18.9. The fourth-order valence-electron chi connectivity index (χ4n) is 3.28. The van der Waals surface area contributed by atoms with Crippen molar-refractivity contribution in [3.05, 3.63) is 30.2 Å². The number of nitrogens with one attached hydrogen (secondary N) is 2. The Kier molecular flexibility index (Phi) is 7.49. The molecule has 168 valence electrons. The Morgan fingerprint density at radius 3 is 2.52 bits per heavy atom. The molecule has 1 aliphatic rings. The van der Waals surface area contributed by atoms with Gasteiger partial charge < -0.3 is 25.0 Å². The van der Waals surface area contributed by atoms with E-state index in [0.29, 0.717) is 30.8 Å². The minimum atomic E-state index is -0.263. The molecule has 0 aliphatic carbocycles. The Morgan fingerprint density at radius 2 is 1.87 bits per heavy atom. The molecular formula is C22H32N6O3. The molecule has 9 heteroatoms. The Balaban J connectivity index is 1.56. The third-order valence-corrected chi connectivity index (χ3v) is 4.75. The molecule has 0 radical (unpaired) electrons. The highest BCUT2D eigenvalue weighted by Gasteiger charge is 2.25. The number of carbonyl (C=O) groups excluding carboxylic acids is 1. The molecule has 3 heterocycles. The lowest BCUT2D eigenvalue weighted by molar-refractivity contribution is 0.0507. The summed E-state index contributed by atoms with van der Waals surface area (Å²) in [6.45, 7) is 11.0. The summed E-state index contributed by atoms with van der Waals surface area (Å²) in [7, 11) is 0. The quantitative estimate of drug-likeness (QED) is 0.679.